The SMILES string of the molecule is CCNC(C1=COCCC1)c1cnn(C)c1C. The summed E-state index contributed by atoms with van der Waals surface area (Å²) in [5, 5.41) is 7.84. The highest BCUT2D eigenvalue weighted by molar-refractivity contribution is 5.29. The van der Waals surface area contributed by atoms with Crippen molar-refractivity contribution in [1.29, 1.82) is 0 Å². The van der Waals surface area contributed by atoms with Gasteiger partial charge in [0.15, 0.2) is 0 Å². The number of likely N-dealkylation sites (N-methyl/N-ethyl adjacent to an activating group) is 1. The van der Waals surface area contributed by atoms with Gasteiger partial charge in [-0.15, -0.1) is 0 Å². The quantitative estimate of drug-likeness (QED) is 0.868. The van der Waals surface area contributed by atoms with E-state index in [0.717, 1.165) is 26.0 Å². The molecule has 17 heavy (non-hydrogen) atoms. The summed E-state index contributed by atoms with van der Waals surface area (Å²) in [7, 11) is 1.98. The predicted octanol–water partition coefficient (Wildman–Crippen LogP) is 2.07. The molecule has 1 atom stereocenters. The average molecular weight is 235 g/mol. The van der Waals surface area contributed by atoms with Gasteiger partial charge in [-0.25, -0.2) is 0 Å². The molecule has 94 valence electrons. The first kappa shape index (κ1) is 12.2. The van der Waals surface area contributed by atoms with Crippen LogP contribution in [-0.4, -0.2) is 22.9 Å². The molecule has 1 aromatic rings. The number of aromatic nitrogens is 2. The fraction of sp³-hybridized carbons (Fsp3) is 0.615. The summed E-state index contributed by atoms with van der Waals surface area (Å²) in [4.78, 5) is 0. The lowest BCUT2D eigenvalue weighted by Gasteiger charge is -2.23. The summed E-state index contributed by atoms with van der Waals surface area (Å²) in [6.07, 6.45) is 6.08. The van der Waals surface area contributed by atoms with E-state index in [1.54, 1.807) is 0 Å². The number of nitrogens with one attached hydrogen (secondary N) is 1. The van der Waals surface area contributed by atoms with Crippen LogP contribution in [-0.2, 0) is 11.8 Å². The van der Waals surface area contributed by atoms with E-state index < -0.39 is 0 Å². The molecule has 0 bridgehead atoms. The Balaban J connectivity index is 2.28. The molecule has 0 aliphatic carbocycles. The fourth-order valence-corrected chi connectivity index (χ4v) is 2.24. The summed E-state index contributed by atoms with van der Waals surface area (Å²) >= 11 is 0. The molecule has 0 fully saturated rings. The van der Waals surface area contributed by atoms with Crippen molar-refractivity contribution in [2.75, 3.05) is 13.2 Å². The molecule has 1 aromatic heterocycles. The Labute approximate surface area is 103 Å². The van der Waals surface area contributed by atoms with Crippen LogP contribution >= 0.6 is 0 Å². The Morgan fingerprint density at radius 1 is 1.59 bits per heavy atom. The number of hydrogen-bond donors (Lipinski definition) is 1. The predicted molar refractivity (Wildman–Crippen MR) is 67.6 cm³/mol. The van der Waals surface area contributed by atoms with Crippen molar-refractivity contribution in [1.82, 2.24) is 15.1 Å². The second-order valence-electron chi connectivity index (χ2n) is 4.47. The maximum absolute atomic E-state index is 5.45. The lowest BCUT2D eigenvalue weighted by Crippen LogP contribution is -2.24. The zero-order valence-corrected chi connectivity index (χ0v) is 10.9. The lowest BCUT2D eigenvalue weighted by molar-refractivity contribution is 0.219. The van der Waals surface area contributed by atoms with Crippen molar-refractivity contribution < 1.29 is 4.74 Å². The molecule has 2 heterocycles. The highest BCUT2D eigenvalue weighted by Crippen LogP contribution is 2.29. The van der Waals surface area contributed by atoms with Gasteiger partial charge < -0.3 is 10.1 Å². The van der Waals surface area contributed by atoms with Gasteiger partial charge in [0.1, 0.15) is 0 Å². The van der Waals surface area contributed by atoms with Crippen molar-refractivity contribution in [3.63, 3.8) is 0 Å². The summed E-state index contributed by atoms with van der Waals surface area (Å²) in [5.74, 6) is 0. The maximum Gasteiger partial charge on any atom is 0.0876 e. The zero-order valence-electron chi connectivity index (χ0n) is 10.9. The summed E-state index contributed by atoms with van der Waals surface area (Å²) < 4.78 is 7.37. The Morgan fingerprint density at radius 2 is 2.41 bits per heavy atom. The molecule has 4 heteroatoms. The fourth-order valence-electron chi connectivity index (χ4n) is 2.24. The van der Waals surface area contributed by atoms with E-state index in [4.69, 9.17) is 4.74 Å². The van der Waals surface area contributed by atoms with Crippen LogP contribution < -0.4 is 5.32 Å². The molecule has 1 aliphatic heterocycles. The first-order valence-electron chi connectivity index (χ1n) is 6.26. The molecule has 0 spiro atoms. The molecule has 2 rings (SSSR count). The summed E-state index contributed by atoms with van der Waals surface area (Å²) in [6, 6.07) is 0.244. The molecule has 0 saturated carbocycles. The van der Waals surface area contributed by atoms with Crippen LogP contribution in [0.4, 0.5) is 0 Å². The highest BCUT2D eigenvalue weighted by Gasteiger charge is 2.21. The van der Waals surface area contributed by atoms with E-state index in [1.807, 2.05) is 24.2 Å². The molecular weight excluding hydrogens is 214 g/mol. The smallest absolute Gasteiger partial charge is 0.0876 e. The Hall–Kier alpha value is -1.29. The van der Waals surface area contributed by atoms with Crippen LogP contribution in [0.15, 0.2) is 18.0 Å². The third-order valence-corrected chi connectivity index (χ3v) is 3.33. The number of aryl methyl sites for hydroxylation is 1. The minimum absolute atomic E-state index is 0.244. The summed E-state index contributed by atoms with van der Waals surface area (Å²) in [5.41, 5.74) is 3.79. The van der Waals surface area contributed by atoms with Gasteiger partial charge in [-0.3, -0.25) is 4.68 Å². The minimum atomic E-state index is 0.244. The third kappa shape index (κ3) is 2.52. The molecule has 1 unspecified atom stereocenters. The molecule has 0 radical (unpaired) electrons. The first-order valence-corrected chi connectivity index (χ1v) is 6.26. The van der Waals surface area contributed by atoms with Crippen molar-refractivity contribution in [2.24, 2.45) is 7.05 Å². The minimum Gasteiger partial charge on any atom is -0.501 e. The van der Waals surface area contributed by atoms with E-state index >= 15 is 0 Å². The van der Waals surface area contributed by atoms with Crippen molar-refractivity contribution >= 4 is 0 Å². The second-order valence-corrected chi connectivity index (χ2v) is 4.47. The average Bonchev–Trinajstić information content (AvgIpc) is 2.69. The van der Waals surface area contributed by atoms with E-state index in [2.05, 4.69) is 24.3 Å². The van der Waals surface area contributed by atoms with Crippen LogP contribution in [0.2, 0.25) is 0 Å². The Morgan fingerprint density at radius 3 is 2.94 bits per heavy atom. The van der Waals surface area contributed by atoms with Gasteiger partial charge in [0.2, 0.25) is 0 Å². The lowest BCUT2D eigenvalue weighted by atomic mass is 9.96. The van der Waals surface area contributed by atoms with Gasteiger partial charge in [0, 0.05) is 18.3 Å². The standard InChI is InChI=1S/C13H21N3O/c1-4-14-13(11-6-5-7-17-9-11)12-8-15-16(3)10(12)2/h8-9,13-14H,4-7H2,1-3H3. The number of nitrogens with zero attached hydrogens (tertiary/aromatic N) is 2. The van der Waals surface area contributed by atoms with Gasteiger partial charge in [-0.1, -0.05) is 6.92 Å². The molecule has 0 saturated heterocycles. The van der Waals surface area contributed by atoms with Crippen LogP contribution in [0.3, 0.4) is 0 Å². The molecule has 0 amide bonds. The van der Waals surface area contributed by atoms with Gasteiger partial charge in [-0.05, 0) is 31.9 Å². The van der Waals surface area contributed by atoms with Crippen LogP contribution in [0.5, 0.6) is 0 Å². The molecule has 1 aliphatic rings. The number of rotatable bonds is 4. The topological polar surface area (TPSA) is 39.1 Å². The van der Waals surface area contributed by atoms with E-state index in [9.17, 15) is 0 Å². The molecule has 1 N–H and O–H groups in total. The van der Waals surface area contributed by atoms with Crippen molar-refractivity contribution in [2.45, 2.75) is 32.7 Å². The summed E-state index contributed by atoms with van der Waals surface area (Å²) in [6.45, 7) is 6.02. The van der Waals surface area contributed by atoms with E-state index in [1.165, 1.54) is 16.8 Å². The van der Waals surface area contributed by atoms with Gasteiger partial charge in [-0.2, -0.15) is 5.10 Å². The van der Waals surface area contributed by atoms with E-state index in [0.29, 0.717) is 0 Å². The Kier molecular flexibility index (Phi) is 3.84. The first-order chi connectivity index (χ1) is 8.24. The van der Waals surface area contributed by atoms with Crippen molar-refractivity contribution in [3.8, 4) is 0 Å². The molecular formula is C13H21N3O. The van der Waals surface area contributed by atoms with Crippen molar-refractivity contribution in [3.05, 3.63) is 29.3 Å². The van der Waals surface area contributed by atoms with Crippen LogP contribution in [0.1, 0.15) is 37.1 Å². The monoisotopic (exact) mass is 235 g/mol. The van der Waals surface area contributed by atoms with E-state index in [-0.39, 0.29) is 6.04 Å². The number of hydrogen-bond acceptors (Lipinski definition) is 3. The van der Waals surface area contributed by atoms with Gasteiger partial charge in [0.05, 0.1) is 25.1 Å². The zero-order chi connectivity index (χ0) is 12.3. The normalized spacial score (nSPS) is 17.5. The van der Waals surface area contributed by atoms with Gasteiger partial charge in [0.25, 0.3) is 0 Å². The second kappa shape index (κ2) is 5.36. The number of ether oxygens (including phenoxy) is 1. The molecule has 4 nitrogen and oxygen atoms in total. The third-order valence-electron chi connectivity index (χ3n) is 3.33. The Bertz CT molecular complexity index is 409. The maximum atomic E-state index is 5.45. The van der Waals surface area contributed by atoms with Gasteiger partial charge >= 0.3 is 0 Å². The highest BCUT2D eigenvalue weighted by atomic mass is 16.5. The van der Waals surface area contributed by atoms with Crippen LogP contribution in [0, 0.1) is 6.92 Å². The largest absolute Gasteiger partial charge is 0.501 e. The van der Waals surface area contributed by atoms with Crippen LogP contribution in [0.25, 0.3) is 0 Å². The molecule has 0 aromatic carbocycles.